The Morgan fingerprint density at radius 1 is 0.259 bits per heavy atom. The van der Waals surface area contributed by atoms with Crippen LogP contribution in [-0.4, -0.2) is 96.7 Å². The Morgan fingerprint density at radius 2 is 0.482 bits per heavy atom. The van der Waals surface area contributed by atoms with Gasteiger partial charge in [-0.3, -0.25) is 37.3 Å². The van der Waals surface area contributed by atoms with E-state index in [0.29, 0.717) is 38.5 Å². The van der Waals surface area contributed by atoms with Crippen molar-refractivity contribution in [1.29, 1.82) is 0 Å². The van der Waals surface area contributed by atoms with Crippen LogP contribution in [0.1, 0.15) is 310 Å². The van der Waals surface area contributed by atoms with E-state index in [1.807, 2.05) is 36.5 Å². The molecule has 0 radical (unpaired) electrons. The molecule has 2 unspecified atom stereocenters. The average Bonchev–Trinajstić information content (AvgIpc) is 0.898. The molecule has 0 saturated carbocycles. The zero-order valence-corrected chi connectivity index (χ0v) is 71.3. The lowest BCUT2D eigenvalue weighted by atomic mass is 10.0. The SMILES string of the molecule is CC/C=C\C/C=C\C/C=C\C/C=C\C/C=C\C/C=C\CCC(=O)OC[C@H](COP(=O)(O)OC[C@@H](O)COP(=O)(O)OC[C@@H](COC(=O)CCCCC/C=C\C/C=C\C/C=C\C/C=C\C/C=C\CC)OC(=O)CCCCCCCCCCCCCCCCC)OC(=O)CC/C=C\C/C=C\C/C=C\C/C=C\C/C=C\CCCCC. The predicted molar refractivity (Wildman–Crippen MR) is 463 cm³/mol. The molecule has 0 heterocycles. The molecule has 0 fully saturated rings. The molecule has 0 aromatic rings. The summed E-state index contributed by atoms with van der Waals surface area (Å²) < 4.78 is 68.6. The summed E-state index contributed by atoms with van der Waals surface area (Å²) in [4.78, 5) is 73.2. The highest BCUT2D eigenvalue weighted by Crippen LogP contribution is 2.45. The number of ether oxygens (including phenoxy) is 4. The summed E-state index contributed by atoms with van der Waals surface area (Å²) in [6.07, 6.45) is 103. The van der Waals surface area contributed by atoms with Gasteiger partial charge in [-0.15, -0.1) is 0 Å². The summed E-state index contributed by atoms with van der Waals surface area (Å²) in [5, 5.41) is 10.7. The van der Waals surface area contributed by atoms with E-state index < -0.39 is 97.5 Å². The van der Waals surface area contributed by atoms with Crippen LogP contribution in [0.5, 0.6) is 0 Å². The third kappa shape index (κ3) is 81.9. The Balaban J connectivity index is 5.56. The molecule has 0 bridgehead atoms. The Hall–Kier alpha value is -6.10. The standard InChI is InChI=1S/C93H150O17P2/c1-5-9-13-17-21-25-29-33-37-40-43-46-50-53-57-61-65-69-73-77-90(95)103-83-88(109-92(97)79-75-71-67-63-59-55-49-36-32-28-24-20-16-12-8-4)85-107-111(99,100)105-81-87(94)82-106-112(101,102)108-86-89(110-93(98)80-76-72-68-64-60-56-52-48-45-42-39-35-31-27-23-19-15-11-7-3)84-104-91(96)78-74-70-66-62-58-54-51-47-44-41-38-34-30-26-22-18-14-10-6-2/h9-10,13-14,21-23,25-27,33-35,37-39,43-48,53-54,56-58,60,66,68,70,72,87-89,94H,5-8,11-12,15-20,24,28-32,36,40-42,49-52,55,59,61-65,67,69,71,73-86H2,1-4H3,(H,99,100)(H,101,102)/b13-9-,14-10-,25-21-,26-22-,27-23-,37-33-,38-34-,39-35-,46-43-,47-44-,48-45-,57-53-,58-54-,60-56-,70-66-,72-68-/t87-,88+,89+/m0/s1. The fraction of sp³-hybridized carbons (Fsp3) is 0.613. The van der Waals surface area contributed by atoms with Gasteiger partial charge >= 0.3 is 39.5 Å². The monoisotopic (exact) mass is 1600 g/mol. The maximum Gasteiger partial charge on any atom is 0.472 e. The van der Waals surface area contributed by atoms with Gasteiger partial charge < -0.3 is 33.8 Å². The number of phosphoric acid groups is 2. The van der Waals surface area contributed by atoms with Crippen LogP contribution >= 0.6 is 15.6 Å². The number of phosphoric ester groups is 2. The smallest absolute Gasteiger partial charge is 0.462 e. The number of carbonyl (C=O) groups excluding carboxylic acids is 4. The number of carbonyl (C=O) groups is 4. The minimum Gasteiger partial charge on any atom is -0.462 e. The van der Waals surface area contributed by atoms with E-state index in [-0.39, 0.29) is 25.7 Å². The van der Waals surface area contributed by atoms with Crippen LogP contribution < -0.4 is 0 Å². The maximum absolute atomic E-state index is 13.1. The number of unbranched alkanes of at least 4 members (excludes halogenated alkanes) is 20. The highest BCUT2D eigenvalue weighted by atomic mass is 31.2. The van der Waals surface area contributed by atoms with Crippen LogP contribution in [0.4, 0.5) is 0 Å². The van der Waals surface area contributed by atoms with Gasteiger partial charge in [-0.1, -0.05) is 331 Å². The first kappa shape index (κ1) is 106. The van der Waals surface area contributed by atoms with E-state index in [4.69, 9.17) is 37.0 Å². The van der Waals surface area contributed by atoms with Gasteiger partial charge in [0.25, 0.3) is 0 Å². The molecule has 0 aliphatic rings. The molecule has 17 nitrogen and oxygen atoms in total. The number of allylic oxidation sites excluding steroid dienone is 32. The largest absolute Gasteiger partial charge is 0.472 e. The fourth-order valence-electron chi connectivity index (χ4n) is 10.7. The minimum absolute atomic E-state index is 0.0129. The normalized spacial score (nSPS) is 14.7. The zero-order valence-electron chi connectivity index (χ0n) is 69.5. The van der Waals surface area contributed by atoms with Crippen molar-refractivity contribution in [2.75, 3.05) is 39.6 Å². The van der Waals surface area contributed by atoms with Crippen molar-refractivity contribution in [2.24, 2.45) is 0 Å². The first-order valence-electron chi connectivity index (χ1n) is 42.7. The average molecular weight is 1600 g/mol. The van der Waals surface area contributed by atoms with Crippen molar-refractivity contribution in [3.63, 3.8) is 0 Å². The van der Waals surface area contributed by atoms with Crippen molar-refractivity contribution in [3.8, 4) is 0 Å². The predicted octanol–water partition coefficient (Wildman–Crippen LogP) is 25.7. The van der Waals surface area contributed by atoms with Crippen LogP contribution in [0, 0.1) is 0 Å². The second-order valence-corrected chi connectivity index (χ2v) is 30.6. The highest BCUT2D eigenvalue weighted by molar-refractivity contribution is 7.47. The molecule has 5 atom stereocenters. The molecule has 112 heavy (non-hydrogen) atoms. The molecule has 3 N–H and O–H groups in total. The summed E-state index contributed by atoms with van der Waals surface area (Å²) in [5.74, 6) is -2.42. The van der Waals surface area contributed by atoms with Gasteiger partial charge in [-0.2, -0.15) is 0 Å². The molecule has 634 valence electrons. The van der Waals surface area contributed by atoms with Crippen molar-refractivity contribution < 1.29 is 80.2 Å². The molecule has 0 spiro atoms. The number of hydrogen-bond acceptors (Lipinski definition) is 15. The third-order valence-corrected chi connectivity index (χ3v) is 19.0. The summed E-state index contributed by atoms with van der Waals surface area (Å²) in [7, 11) is -10.0. The van der Waals surface area contributed by atoms with Gasteiger partial charge in [0, 0.05) is 25.7 Å². The molecule has 0 aliphatic heterocycles. The molecule has 0 amide bonds. The number of aliphatic hydroxyl groups is 1. The van der Waals surface area contributed by atoms with E-state index in [2.05, 4.69) is 186 Å². The second kappa shape index (κ2) is 82.9. The lowest BCUT2D eigenvalue weighted by Gasteiger charge is -2.21. The summed E-state index contributed by atoms with van der Waals surface area (Å²) in [6.45, 7) is 4.42. The molecule has 0 aromatic carbocycles. The Morgan fingerprint density at radius 3 is 0.804 bits per heavy atom. The Kier molecular flexibility index (Phi) is 78.4. The molecule has 0 aromatic heterocycles. The zero-order chi connectivity index (χ0) is 81.7. The van der Waals surface area contributed by atoms with Crippen LogP contribution in [-0.2, 0) is 65.4 Å². The van der Waals surface area contributed by atoms with E-state index in [1.54, 1.807) is 0 Å². The van der Waals surface area contributed by atoms with Gasteiger partial charge in [0.1, 0.15) is 19.3 Å². The van der Waals surface area contributed by atoms with E-state index in [9.17, 15) is 43.2 Å². The molecule has 0 saturated heterocycles. The lowest BCUT2D eigenvalue weighted by molar-refractivity contribution is -0.161. The first-order chi connectivity index (χ1) is 54.7. The van der Waals surface area contributed by atoms with Gasteiger partial charge in [-0.25, -0.2) is 9.13 Å². The quantitative estimate of drug-likeness (QED) is 0.0169. The number of esters is 4. The van der Waals surface area contributed by atoms with Crippen LogP contribution in [0.3, 0.4) is 0 Å². The van der Waals surface area contributed by atoms with Crippen molar-refractivity contribution >= 4 is 39.5 Å². The summed E-state index contributed by atoms with van der Waals surface area (Å²) in [6, 6.07) is 0. The number of rotatable bonds is 78. The van der Waals surface area contributed by atoms with E-state index in [0.717, 1.165) is 135 Å². The molecular formula is C93H150O17P2. The van der Waals surface area contributed by atoms with Crippen molar-refractivity contribution in [2.45, 2.75) is 329 Å². The molecule has 0 aliphatic carbocycles. The van der Waals surface area contributed by atoms with Crippen LogP contribution in [0.2, 0.25) is 0 Å². The maximum atomic E-state index is 13.1. The third-order valence-electron chi connectivity index (χ3n) is 17.1. The first-order valence-corrected chi connectivity index (χ1v) is 45.7. The topological polar surface area (TPSA) is 237 Å². The lowest BCUT2D eigenvalue weighted by Crippen LogP contribution is -2.30. The fourth-order valence-corrected chi connectivity index (χ4v) is 12.2. The van der Waals surface area contributed by atoms with Crippen molar-refractivity contribution in [3.05, 3.63) is 194 Å². The second-order valence-electron chi connectivity index (χ2n) is 27.7. The van der Waals surface area contributed by atoms with Gasteiger partial charge in [0.15, 0.2) is 12.2 Å². The summed E-state index contributed by atoms with van der Waals surface area (Å²) >= 11 is 0. The van der Waals surface area contributed by atoms with Gasteiger partial charge in [0.2, 0.25) is 0 Å². The molecular weight excluding hydrogens is 1450 g/mol. The van der Waals surface area contributed by atoms with Crippen LogP contribution in [0.15, 0.2) is 194 Å². The van der Waals surface area contributed by atoms with E-state index >= 15 is 0 Å². The number of aliphatic hydroxyl groups excluding tert-OH is 1. The molecule has 0 rings (SSSR count). The van der Waals surface area contributed by atoms with Crippen LogP contribution in [0.25, 0.3) is 0 Å². The Labute approximate surface area is 678 Å². The molecule has 19 heteroatoms. The van der Waals surface area contributed by atoms with Gasteiger partial charge in [-0.05, 0) is 148 Å². The van der Waals surface area contributed by atoms with Crippen molar-refractivity contribution in [1.82, 2.24) is 0 Å². The number of hydrogen-bond donors (Lipinski definition) is 3. The highest BCUT2D eigenvalue weighted by Gasteiger charge is 2.30. The minimum atomic E-state index is -5.03. The Bertz CT molecular complexity index is 2890. The van der Waals surface area contributed by atoms with E-state index in [1.165, 1.54) is 83.5 Å². The summed E-state index contributed by atoms with van der Waals surface area (Å²) in [5.41, 5.74) is 0. The van der Waals surface area contributed by atoms with Gasteiger partial charge in [0.05, 0.1) is 26.4 Å².